The third kappa shape index (κ3) is 4.24. The quantitative estimate of drug-likeness (QED) is 0.460. The molecular weight excluding hydrogens is 422 g/mol. The number of para-hydroxylation sites is 1. The van der Waals surface area contributed by atoms with Crippen LogP contribution in [-0.2, 0) is 6.54 Å². The number of likely N-dealkylation sites (tertiary alicyclic amines) is 1. The summed E-state index contributed by atoms with van der Waals surface area (Å²) in [6.45, 7) is 2.81. The first-order valence-electron chi connectivity index (χ1n) is 10.8. The number of pyridine rings is 1. The number of hydrogen-bond donors (Lipinski definition) is 1. The van der Waals surface area contributed by atoms with E-state index in [0.717, 1.165) is 38.0 Å². The van der Waals surface area contributed by atoms with Crippen molar-refractivity contribution < 1.29 is 4.79 Å². The number of piperidine rings is 1. The van der Waals surface area contributed by atoms with Crippen molar-refractivity contribution in [2.75, 3.05) is 18.4 Å². The van der Waals surface area contributed by atoms with Gasteiger partial charge in [0.1, 0.15) is 5.82 Å². The van der Waals surface area contributed by atoms with E-state index >= 15 is 0 Å². The lowest BCUT2D eigenvalue weighted by atomic mass is 10.0. The number of nitrogens with one attached hydrogen (secondary N) is 1. The number of carbonyl (C=O) groups is 1. The monoisotopic (exact) mass is 445 g/mol. The van der Waals surface area contributed by atoms with Crippen molar-refractivity contribution in [1.29, 1.82) is 0 Å². The van der Waals surface area contributed by atoms with Gasteiger partial charge in [0.05, 0.1) is 28.3 Å². The van der Waals surface area contributed by atoms with Gasteiger partial charge in [0.25, 0.3) is 5.91 Å². The average molecular weight is 446 g/mol. The maximum atomic E-state index is 12.7. The van der Waals surface area contributed by atoms with E-state index in [0.29, 0.717) is 16.4 Å². The molecule has 7 heteroatoms. The summed E-state index contributed by atoms with van der Waals surface area (Å²) in [7, 11) is 0. The van der Waals surface area contributed by atoms with Crippen LogP contribution < -0.4 is 5.32 Å². The number of anilines is 1. The van der Waals surface area contributed by atoms with Crippen LogP contribution in [0.3, 0.4) is 0 Å². The predicted octanol–water partition coefficient (Wildman–Crippen LogP) is 5.17. The minimum absolute atomic E-state index is 0.224. The van der Waals surface area contributed by atoms with Gasteiger partial charge in [0.2, 0.25) is 0 Å². The third-order valence-electron chi connectivity index (χ3n) is 6.04. The van der Waals surface area contributed by atoms with Gasteiger partial charge in [0.15, 0.2) is 0 Å². The van der Waals surface area contributed by atoms with Crippen molar-refractivity contribution in [3.63, 3.8) is 0 Å². The molecule has 4 aromatic rings. The Morgan fingerprint density at radius 1 is 1.00 bits per heavy atom. The summed E-state index contributed by atoms with van der Waals surface area (Å²) in [6, 6.07) is 19.6. The van der Waals surface area contributed by atoms with Crippen molar-refractivity contribution in [1.82, 2.24) is 19.7 Å². The Morgan fingerprint density at radius 2 is 1.81 bits per heavy atom. The summed E-state index contributed by atoms with van der Waals surface area (Å²) in [5.74, 6) is 0.477. The summed E-state index contributed by atoms with van der Waals surface area (Å²) < 4.78 is 1.94. The van der Waals surface area contributed by atoms with Crippen LogP contribution in [0.1, 0.15) is 34.8 Å². The molecule has 1 saturated heterocycles. The predicted molar refractivity (Wildman–Crippen MR) is 127 cm³/mol. The summed E-state index contributed by atoms with van der Waals surface area (Å²) in [5.41, 5.74) is 2.79. The number of rotatable bonds is 5. The molecule has 1 N–H and O–H groups in total. The van der Waals surface area contributed by atoms with Crippen molar-refractivity contribution >= 4 is 34.2 Å². The highest BCUT2D eigenvalue weighted by Gasteiger charge is 2.24. The number of aromatic nitrogens is 3. The topological polar surface area (TPSA) is 63.1 Å². The second kappa shape index (κ2) is 9.10. The van der Waals surface area contributed by atoms with E-state index in [1.54, 1.807) is 24.4 Å². The van der Waals surface area contributed by atoms with Crippen LogP contribution in [0.2, 0.25) is 5.02 Å². The van der Waals surface area contributed by atoms with Crippen LogP contribution in [-0.4, -0.2) is 38.7 Å². The van der Waals surface area contributed by atoms with Crippen LogP contribution in [0.4, 0.5) is 5.82 Å². The maximum absolute atomic E-state index is 12.7. The summed E-state index contributed by atoms with van der Waals surface area (Å²) >= 11 is 6.17. The Balaban J connectivity index is 1.24. The minimum atomic E-state index is -0.224. The summed E-state index contributed by atoms with van der Waals surface area (Å²) in [6.07, 6.45) is 5.52. The van der Waals surface area contributed by atoms with Crippen LogP contribution >= 0.6 is 11.6 Å². The lowest BCUT2D eigenvalue weighted by Crippen LogP contribution is -2.35. The fourth-order valence-electron chi connectivity index (χ4n) is 4.39. The molecule has 2 aromatic heterocycles. The molecule has 1 aliphatic rings. The third-order valence-corrected chi connectivity index (χ3v) is 6.37. The van der Waals surface area contributed by atoms with Gasteiger partial charge in [-0.2, -0.15) is 5.10 Å². The van der Waals surface area contributed by atoms with Crippen LogP contribution in [0, 0.1) is 0 Å². The molecule has 3 heterocycles. The molecule has 6 nitrogen and oxygen atoms in total. The normalized spacial score (nSPS) is 15.2. The molecule has 1 aliphatic heterocycles. The molecule has 0 aliphatic carbocycles. The second-order valence-electron chi connectivity index (χ2n) is 8.09. The summed E-state index contributed by atoms with van der Waals surface area (Å²) in [5, 5.41) is 9.08. The number of carbonyl (C=O) groups excluding carboxylic acids is 1. The Morgan fingerprint density at radius 3 is 2.66 bits per heavy atom. The second-order valence-corrected chi connectivity index (χ2v) is 8.50. The number of halogens is 1. The van der Waals surface area contributed by atoms with Crippen molar-refractivity contribution in [3.05, 3.63) is 89.2 Å². The molecule has 0 spiro atoms. The van der Waals surface area contributed by atoms with Gasteiger partial charge in [-0.3, -0.25) is 14.7 Å². The molecule has 1 amide bonds. The van der Waals surface area contributed by atoms with Gasteiger partial charge in [-0.25, -0.2) is 4.68 Å². The highest BCUT2D eigenvalue weighted by Crippen LogP contribution is 2.28. The average Bonchev–Trinajstić information content (AvgIpc) is 3.28. The molecule has 0 unspecified atom stereocenters. The van der Waals surface area contributed by atoms with Crippen LogP contribution in [0.25, 0.3) is 10.9 Å². The lowest BCUT2D eigenvalue weighted by molar-refractivity contribution is 0.102. The highest BCUT2D eigenvalue weighted by atomic mass is 35.5. The molecule has 1 fully saturated rings. The fraction of sp³-hybridized carbons (Fsp3) is 0.240. The first-order chi connectivity index (χ1) is 15.7. The van der Waals surface area contributed by atoms with Crippen LogP contribution in [0.5, 0.6) is 0 Å². The van der Waals surface area contributed by atoms with Crippen molar-refractivity contribution in [2.24, 2.45) is 0 Å². The van der Waals surface area contributed by atoms with Gasteiger partial charge in [-0.1, -0.05) is 48.0 Å². The van der Waals surface area contributed by atoms with E-state index in [1.807, 2.05) is 29.1 Å². The number of nitrogens with zero attached hydrogens (tertiary/aromatic N) is 4. The number of benzene rings is 2. The standard InChI is InChI=1S/C25H24ClN5O/c26-22-9-2-1-8-21(22)25(32)29-23-10-14-28-31(23)20-11-15-30(16-12-20)17-19-6-3-5-18-7-4-13-27-24(18)19/h1-10,13-14,20H,11-12,15-17H2,(H,29,32). The Bertz CT molecular complexity index is 1240. The molecule has 0 atom stereocenters. The molecule has 0 bridgehead atoms. The molecule has 0 saturated carbocycles. The number of amides is 1. The first-order valence-corrected chi connectivity index (χ1v) is 11.2. The van der Waals surface area contributed by atoms with Gasteiger partial charge < -0.3 is 5.32 Å². The van der Waals surface area contributed by atoms with E-state index in [2.05, 4.69) is 44.6 Å². The van der Waals surface area contributed by atoms with E-state index < -0.39 is 0 Å². The zero-order valence-corrected chi connectivity index (χ0v) is 18.4. The van der Waals surface area contributed by atoms with Crippen molar-refractivity contribution in [2.45, 2.75) is 25.4 Å². The SMILES string of the molecule is O=C(Nc1ccnn1C1CCN(Cc2cccc3cccnc23)CC1)c1ccccc1Cl. The maximum Gasteiger partial charge on any atom is 0.258 e. The van der Waals surface area contributed by atoms with E-state index in [4.69, 9.17) is 11.6 Å². The van der Waals surface area contributed by atoms with E-state index in [-0.39, 0.29) is 11.9 Å². The van der Waals surface area contributed by atoms with E-state index in [1.165, 1.54) is 10.9 Å². The number of hydrogen-bond acceptors (Lipinski definition) is 4. The van der Waals surface area contributed by atoms with Crippen molar-refractivity contribution in [3.8, 4) is 0 Å². The fourth-order valence-corrected chi connectivity index (χ4v) is 4.61. The Labute approximate surface area is 191 Å². The first kappa shape index (κ1) is 20.7. The Kier molecular flexibility index (Phi) is 5.88. The molecular formula is C25H24ClN5O. The zero-order chi connectivity index (χ0) is 21.9. The smallest absolute Gasteiger partial charge is 0.258 e. The number of fused-ring (bicyclic) bond motifs is 1. The van der Waals surface area contributed by atoms with E-state index in [9.17, 15) is 4.79 Å². The van der Waals surface area contributed by atoms with Gasteiger partial charge >= 0.3 is 0 Å². The molecule has 2 aromatic carbocycles. The highest BCUT2D eigenvalue weighted by molar-refractivity contribution is 6.34. The zero-order valence-electron chi connectivity index (χ0n) is 17.6. The molecule has 162 valence electrons. The van der Waals surface area contributed by atoms with Gasteiger partial charge in [0, 0.05) is 37.3 Å². The molecule has 0 radical (unpaired) electrons. The molecule has 5 rings (SSSR count). The minimum Gasteiger partial charge on any atom is -0.307 e. The van der Waals surface area contributed by atoms with Crippen LogP contribution in [0.15, 0.2) is 73.1 Å². The van der Waals surface area contributed by atoms with Gasteiger partial charge in [-0.15, -0.1) is 0 Å². The van der Waals surface area contributed by atoms with Gasteiger partial charge in [-0.05, 0) is 36.6 Å². The Hall–Kier alpha value is -3.22. The summed E-state index contributed by atoms with van der Waals surface area (Å²) in [4.78, 5) is 19.7. The molecule has 32 heavy (non-hydrogen) atoms. The largest absolute Gasteiger partial charge is 0.307 e. The lowest BCUT2D eigenvalue weighted by Gasteiger charge is -2.32.